The number of urea groups is 1. The number of likely N-dealkylation sites (tertiary alicyclic amines) is 1. The highest BCUT2D eigenvalue weighted by Gasteiger charge is 2.31. The van der Waals surface area contributed by atoms with Crippen LogP contribution in [0.4, 0.5) is 18.0 Å². The van der Waals surface area contributed by atoms with Crippen molar-refractivity contribution in [2.75, 3.05) is 19.6 Å². The van der Waals surface area contributed by atoms with Gasteiger partial charge >= 0.3 is 18.2 Å². The first-order valence-electron chi connectivity index (χ1n) is 5.09. The van der Waals surface area contributed by atoms with E-state index < -0.39 is 24.7 Å². The number of carbonyl (C=O) groups excluding carboxylic acids is 1. The predicted octanol–water partition coefficient (Wildman–Crippen LogP) is 1.05. The molecule has 0 aromatic rings. The van der Waals surface area contributed by atoms with Crippen molar-refractivity contribution in [1.82, 2.24) is 10.2 Å². The molecule has 2 N–H and O–H groups in total. The van der Waals surface area contributed by atoms with Gasteiger partial charge in [0, 0.05) is 19.5 Å². The SMILES string of the molecule is O=C(O)CC1CCN(C(=O)NCC(F)(F)F)C1. The first-order chi connectivity index (χ1) is 7.78. The topological polar surface area (TPSA) is 69.6 Å². The molecule has 0 aromatic carbocycles. The summed E-state index contributed by atoms with van der Waals surface area (Å²) in [7, 11) is 0. The quantitative estimate of drug-likeness (QED) is 0.791. The average Bonchev–Trinajstić information content (AvgIpc) is 2.60. The molecule has 5 nitrogen and oxygen atoms in total. The first-order valence-corrected chi connectivity index (χ1v) is 5.09. The minimum atomic E-state index is -4.43. The van der Waals surface area contributed by atoms with Gasteiger partial charge in [-0.2, -0.15) is 13.2 Å². The maximum absolute atomic E-state index is 11.8. The van der Waals surface area contributed by atoms with Gasteiger partial charge < -0.3 is 15.3 Å². The Kier molecular flexibility index (Phi) is 4.19. The van der Waals surface area contributed by atoms with Crippen molar-refractivity contribution >= 4 is 12.0 Å². The van der Waals surface area contributed by atoms with Gasteiger partial charge in [0.1, 0.15) is 6.54 Å². The number of hydrogen-bond donors (Lipinski definition) is 2. The Morgan fingerprint density at radius 3 is 2.59 bits per heavy atom. The van der Waals surface area contributed by atoms with Crippen LogP contribution in [0.3, 0.4) is 0 Å². The fourth-order valence-corrected chi connectivity index (χ4v) is 1.72. The summed E-state index contributed by atoms with van der Waals surface area (Å²) in [6, 6.07) is -0.796. The third-order valence-electron chi connectivity index (χ3n) is 2.48. The summed E-state index contributed by atoms with van der Waals surface area (Å²) in [4.78, 5) is 22.9. The highest BCUT2D eigenvalue weighted by Crippen LogP contribution is 2.20. The lowest BCUT2D eigenvalue weighted by Crippen LogP contribution is -2.42. The number of aliphatic carboxylic acids is 1. The van der Waals surface area contributed by atoms with Crippen LogP contribution >= 0.6 is 0 Å². The molecule has 0 spiro atoms. The molecule has 1 unspecified atom stereocenters. The molecular weight excluding hydrogens is 241 g/mol. The Hall–Kier alpha value is -1.47. The highest BCUT2D eigenvalue weighted by atomic mass is 19.4. The molecule has 0 radical (unpaired) electrons. The minimum Gasteiger partial charge on any atom is -0.481 e. The van der Waals surface area contributed by atoms with Crippen LogP contribution in [0.25, 0.3) is 0 Å². The van der Waals surface area contributed by atoms with Crippen molar-refractivity contribution in [3.63, 3.8) is 0 Å². The van der Waals surface area contributed by atoms with Gasteiger partial charge in [-0.3, -0.25) is 4.79 Å². The molecule has 1 heterocycles. The number of amides is 2. The molecule has 98 valence electrons. The number of carboxylic acid groups (broad SMARTS) is 1. The molecule has 1 rings (SSSR count). The van der Waals surface area contributed by atoms with Crippen molar-refractivity contribution in [2.45, 2.75) is 19.0 Å². The number of nitrogens with zero attached hydrogens (tertiary/aromatic N) is 1. The normalized spacial score (nSPS) is 20.4. The second-order valence-corrected chi connectivity index (χ2v) is 3.97. The Bertz CT molecular complexity index is 306. The Morgan fingerprint density at radius 1 is 1.41 bits per heavy atom. The van der Waals surface area contributed by atoms with E-state index in [4.69, 9.17) is 5.11 Å². The van der Waals surface area contributed by atoms with E-state index in [0.29, 0.717) is 13.0 Å². The molecule has 1 atom stereocenters. The van der Waals surface area contributed by atoms with Crippen LogP contribution < -0.4 is 5.32 Å². The van der Waals surface area contributed by atoms with Gasteiger partial charge in [0.2, 0.25) is 0 Å². The molecule has 0 aromatic heterocycles. The van der Waals surface area contributed by atoms with Crippen molar-refractivity contribution in [2.24, 2.45) is 5.92 Å². The summed E-state index contributed by atoms with van der Waals surface area (Å²) in [6.45, 7) is -0.885. The van der Waals surface area contributed by atoms with Crippen LogP contribution in [-0.2, 0) is 4.79 Å². The van der Waals surface area contributed by atoms with Crippen LogP contribution in [0.5, 0.6) is 0 Å². The molecule has 2 amide bonds. The van der Waals surface area contributed by atoms with Gasteiger partial charge in [-0.1, -0.05) is 0 Å². The van der Waals surface area contributed by atoms with Gasteiger partial charge in [0.25, 0.3) is 0 Å². The van der Waals surface area contributed by atoms with Crippen molar-refractivity contribution < 1.29 is 27.9 Å². The summed E-state index contributed by atoms with van der Waals surface area (Å²) >= 11 is 0. The van der Waals surface area contributed by atoms with E-state index in [2.05, 4.69) is 0 Å². The molecule has 1 aliphatic heterocycles. The zero-order valence-corrected chi connectivity index (χ0v) is 8.96. The lowest BCUT2D eigenvalue weighted by Gasteiger charge is -2.17. The van der Waals surface area contributed by atoms with Crippen molar-refractivity contribution in [1.29, 1.82) is 0 Å². The number of hydrogen-bond acceptors (Lipinski definition) is 2. The summed E-state index contributed by atoms with van der Waals surface area (Å²) < 4.78 is 35.5. The molecule has 17 heavy (non-hydrogen) atoms. The summed E-state index contributed by atoms with van der Waals surface area (Å²) in [5, 5.41) is 10.3. The van der Waals surface area contributed by atoms with Gasteiger partial charge in [0.05, 0.1) is 0 Å². The Labute approximate surface area is 95.6 Å². The number of carboxylic acids is 1. The molecule has 1 saturated heterocycles. The molecule has 1 fully saturated rings. The largest absolute Gasteiger partial charge is 0.481 e. The van der Waals surface area contributed by atoms with E-state index in [1.54, 1.807) is 5.32 Å². The minimum absolute atomic E-state index is 0.0664. The lowest BCUT2D eigenvalue weighted by molar-refractivity contribution is -0.138. The maximum Gasteiger partial charge on any atom is 0.405 e. The standard InChI is InChI=1S/C9H13F3N2O3/c10-9(11,12)5-13-8(17)14-2-1-6(4-14)3-7(15)16/h6H,1-5H2,(H,13,17)(H,15,16). The van der Waals surface area contributed by atoms with Crippen LogP contribution in [0.2, 0.25) is 0 Å². The van der Waals surface area contributed by atoms with E-state index in [1.165, 1.54) is 4.90 Å². The smallest absolute Gasteiger partial charge is 0.405 e. The second-order valence-electron chi connectivity index (χ2n) is 3.97. The number of alkyl halides is 3. The third kappa shape index (κ3) is 4.92. The lowest BCUT2D eigenvalue weighted by atomic mass is 10.1. The Morgan fingerprint density at radius 2 is 2.06 bits per heavy atom. The summed E-state index contributed by atoms with van der Waals surface area (Å²) in [6.07, 6.45) is -4.00. The van der Waals surface area contributed by atoms with Gasteiger partial charge in [-0.15, -0.1) is 0 Å². The summed E-state index contributed by atoms with van der Waals surface area (Å²) in [5.41, 5.74) is 0. The molecule has 1 aliphatic rings. The molecule has 8 heteroatoms. The van der Waals surface area contributed by atoms with Crippen LogP contribution in [0.15, 0.2) is 0 Å². The van der Waals surface area contributed by atoms with Crippen LogP contribution in [0, 0.1) is 5.92 Å². The number of rotatable bonds is 3. The number of carbonyl (C=O) groups is 2. The van der Waals surface area contributed by atoms with Crippen LogP contribution in [0.1, 0.15) is 12.8 Å². The van der Waals surface area contributed by atoms with Crippen LogP contribution in [-0.4, -0.2) is 47.8 Å². The zero-order chi connectivity index (χ0) is 13.1. The average molecular weight is 254 g/mol. The molecule has 0 aliphatic carbocycles. The fraction of sp³-hybridized carbons (Fsp3) is 0.778. The zero-order valence-electron chi connectivity index (χ0n) is 8.96. The van der Waals surface area contributed by atoms with Crippen molar-refractivity contribution in [3.8, 4) is 0 Å². The van der Waals surface area contributed by atoms with Gasteiger partial charge in [-0.05, 0) is 12.3 Å². The van der Waals surface area contributed by atoms with Gasteiger partial charge in [0.15, 0.2) is 0 Å². The molecular formula is C9H13F3N2O3. The Balaban J connectivity index is 2.33. The van der Waals surface area contributed by atoms with Crippen molar-refractivity contribution in [3.05, 3.63) is 0 Å². The molecule has 0 bridgehead atoms. The monoisotopic (exact) mass is 254 g/mol. The fourth-order valence-electron chi connectivity index (χ4n) is 1.72. The number of halogens is 3. The van der Waals surface area contributed by atoms with E-state index in [0.717, 1.165) is 0 Å². The predicted molar refractivity (Wildman–Crippen MR) is 51.4 cm³/mol. The van der Waals surface area contributed by atoms with E-state index >= 15 is 0 Å². The van der Waals surface area contributed by atoms with E-state index in [-0.39, 0.29) is 18.9 Å². The maximum atomic E-state index is 11.8. The van der Waals surface area contributed by atoms with Gasteiger partial charge in [-0.25, -0.2) is 4.79 Å². The highest BCUT2D eigenvalue weighted by molar-refractivity contribution is 5.74. The van der Waals surface area contributed by atoms with E-state index in [1.807, 2.05) is 0 Å². The number of nitrogens with one attached hydrogen (secondary N) is 1. The summed E-state index contributed by atoms with van der Waals surface area (Å²) in [5.74, 6) is -1.14. The third-order valence-corrected chi connectivity index (χ3v) is 2.48. The molecule has 0 saturated carbocycles. The second kappa shape index (κ2) is 5.24. The first kappa shape index (κ1) is 13.6. The van der Waals surface area contributed by atoms with E-state index in [9.17, 15) is 22.8 Å².